The van der Waals surface area contributed by atoms with Crippen LogP contribution in [0.5, 0.6) is 5.75 Å². The number of hydrogen-bond donors (Lipinski definition) is 3. The van der Waals surface area contributed by atoms with Crippen molar-refractivity contribution >= 4 is 17.3 Å². The Kier molecular flexibility index (Phi) is 3.19. The van der Waals surface area contributed by atoms with Crippen molar-refractivity contribution in [1.82, 2.24) is 0 Å². The van der Waals surface area contributed by atoms with Crippen LogP contribution in [0.25, 0.3) is 0 Å². The lowest BCUT2D eigenvalue weighted by Gasteiger charge is -2.10. The van der Waals surface area contributed by atoms with E-state index in [1.54, 1.807) is 30.3 Å². The van der Waals surface area contributed by atoms with E-state index in [9.17, 15) is 4.79 Å². The van der Waals surface area contributed by atoms with Gasteiger partial charge in [0.05, 0.1) is 0 Å². The molecule has 0 bridgehead atoms. The Morgan fingerprint density at radius 1 is 1.17 bits per heavy atom. The molecule has 0 aliphatic rings. The first-order valence-electron chi connectivity index (χ1n) is 5.53. The van der Waals surface area contributed by atoms with E-state index in [0.29, 0.717) is 16.9 Å². The smallest absolute Gasteiger partial charge is 0.255 e. The van der Waals surface area contributed by atoms with Crippen LogP contribution in [0.1, 0.15) is 15.9 Å². The number of anilines is 2. The summed E-state index contributed by atoms with van der Waals surface area (Å²) in [5, 5.41) is 11.9. The molecular formula is C14H14N2O2. The van der Waals surface area contributed by atoms with Crippen LogP contribution in [0.2, 0.25) is 0 Å². The van der Waals surface area contributed by atoms with Crippen molar-refractivity contribution in [1.29, 1.82) is 0 Å². The van der Waals surface area contributed by atoms with E-state index >= 15 is 0 Å². The second-order valence-corrected chi connectivity index (χ2v) is 4.02. The van der Waals surface area contributed by atoms with Crippen LogP contribution in [-0.4, -0.2) is 11.0 Å². The molecule has 0 saturated heterocycles. The summed E-state index contributed by atoms with van der Waals surface area (Å²) in [5.74, 6) is -0.101. The summed E-state index contributed by atoms with van der Waals surface area (Å²) < 4.78 is 0. The zero-order valence-corrected chi connectivity index (χ0v) is 9.97. The van der Waals surface area contributed by atoms with Crippen LogP contribution in [0.3, 0.4) is 0 Å². The van der Waals surface area contributed by atoms with Crippen molar-refractivity contribution in [2.24, 2.45) is 0 Å². The third-order valence-electron chi connectivity index (χ3n) is 2.75. The highest BCUT2D eigenvalue weighted by molar-refractivity contribution is 6.05. The molecule has 0 aliphatic carbocycles. The number of phenols is 1. The molecule has 4 N–H and O–H groups in total. The first-order chi connectivity index (χ1) is 8.58. The third kappa shape index (κ3) is 2.43. The van der Waals surface area contributed by atoms with Gasteiger partial charge >= 0.3 is 0 Å². The van der Waals surface area contributed by atoms with Crippen molar-refractivity contribution in [2.75, 3.05) is 11.1 Å². The maximum atomic E-state index is 12.0. The molecule has 0 heterocycles. The van der Waals surface area contributed by atoms with Crippen molar-refractivity contribution in [2.45, 2.75) is 6.92 Å². The number of amides is 1. The summed E-state index contributed by atoms with van der Waals surface area (Å²) in [5.41, 5.74) is 8.41. The fraction of sp³-hybridized carbons (Fsp3) is 0.0714. The maximum absolute atomic E-state index is 12.0. The number of phenolic OH excluding ortho intramolecular Hbond substituents is 1. The van der Waals surface area contributed by atoms with Crippen LogP contribution in [0.4, 0.5) is 11.4 Å². The van der Waals surface area contributed by atoms with E-state index in [0.717, 1.165) is 5.56 Å². The fourth-order valence-corrected chi connectivity index (χ4v) is 1.60. The average Bonchev–Trinajstić information content (AvgIpc) is 2.36. The van der Waals surface area contributed by atoms with E-state index in [4.69, 9.17) is 10.8 Å². The number of benzene rings is 2. The molecule has 4 heteroatoms. The van der Waals surface area contributed by atoms with Crippen molar-refractivity contribution in [3.05, 3.63) is 53.6 Å². The molecule has 0 radical (unpaired) electrons. The SMILES string of the molecule is Cc1c(N)cccc1NC(=O)c1ccc(O)cc1. The van der Waals surface area contributed by atoms with E-state index < -0.39 is 0 Å². The average molecular weight is 242 g/mol. The van der Waals surface area contributed by atoms with Gasteiger partial charge < -0.3 is 16.2 Å². The number of carbonyl (C=O) groups is 1. The van der Waals surface area contributed by atoms with E-state index in [1.807, 2.05) is 6.92 Å². The first kappa shape index (κ1) is 12.0. The lowest BCUT2D eigenvalue weighted by atomic mass is 10.1. The summed E-state index contributed by atoms with van der Waals surface area (Å²) in [6.07, 6.45) is 0. The van der Waals surface area contributed by atoms with Crippen LogP contribution in [0, 0.1) is 6.92 Å². The number of nitrogen functional groups attached to an aromatic ring is 1. The van der Waals surface area contributed by atoms with Gasteiger partial charge in [-0.3, -0.25) is 4.79 Å². The van der Waals surface area contributed by atoms with Gasteiger partial charge in [-0.2, -0.15) is 0 Å². The molecule has 2 aromatic carbocycles. The molecule has 0 aliphatic heterocycles. The zero-order valence-electron chi connectivity index (χ0n) is 9.97. The number of rotatable bonds is 2. The molecular weight excluding hydrogens is 228 g/mol. The molecule has 0 aromatic heterocycles. The largest absolute Gasteiger partial charge is 0.508 e. The minimum atomic E-state index is -0.233. The molecule has 0 atom stereocenters. The van der Waals surface area contributed by atoms with Gasteiger partial charge in [-0.1, -0.05) is 6.07 Å². The number of aromatic hydroxyl groups is 1. The third-order valence-corrected chi connectivity index (χ3v) is 2.75. The zero-order chi connectivity index (χ0) is 13.1. The van der Waals surface area contributed by atoms with Crippen molar-refractivity contribution in [3.8, 4) is 5.75 Å². The number of carbonyl (C=O) groups excluding carboxylic acids is 1. The molecule has 1 amide bonds. The minimum absolute atomic E-state index is 0.131. The number of nitrogens with two attached hydrogens (primary N) is 1. The molecule has 2 aromatic rings. The molecule has 18 heavy (non-hydrogen) atoms. The van der Waals surface area contributed by atoms with Crippen LogP contribution in [-0.2, 0) is 0 Å². The van der Waals surface area contributed by atoms with Gasteiger partial charge in [0.1, 0.15) is 5.75 Å². The van der Waals surface area contributed by atoms with Crippen LogP contribution in [0.15, 0.2) is 42.5 Å². The molecule has 0 unspecified atom stereocenters. The summed E-state index contributed by atoms with van der Waals surface area (Å²) >= 11 is 0. The molecule has 4 nitrogen and oxygen atoms in total. The highest BCUT2D eigenvalue weighted by atomic mass is 16.3. The predicted octanol–water partition coefficient (Wildman–Crippen LogP) is 2.54. The summed E-state index contributed by atoms with van der Waals surface area (Å²) in [4.78, 5) is 12.0. The number of hydrogen-bond acceptors (Lipinski definition) is 3. The van der Waals surface area contributed by atoms with Crippen molar-refractivity contribution < 1.29 is 9.90 Å². The topological polar surface area (TPSA) is 75.3 Å². The lowest BCUT2D eigenvalue weighted by molar-refractivity contribution is 0.102. The van der Waals surface area contributed by atoms with Gasteiger partial charge in [-0.15, -0.1) is 0 Å². The summed E-state index contributed by atoms with van der Waals surface area (Å²) in [6, 6.07) is 11.4. The normalized spacial score (nSPS) is 10.1. The van der Waals surface area contributed by atoms with E-state index in [-0.39, 0.29) is 11.7 Å². The van der Waals surface area contributed by atoms with Gasteiger partial charge in [0, 0.05) is 16.9 Å². The Morgan fingerprint density at radius 2 is 1.83 bits per heavy atom. The number of nitrogens with one attached hydrogen (secondary N) is 1. The standard InChI is InChI=1S/C14H14N2O2/c1-9-12(15)3-2-4-13(9)16-14(18)10-5-7-11(17)8-6-10/h2-8,17H,15H2,1H3,(H,16,18). The highest BCUT2D eigenvalue weighted by Gasteiger charge is 2.08. The quantitative estimate of drug-likeness (QED) is 0.708. The van der Waals surface area contributed by atoms with E-state index in [2.05, 4.69) is 5.32 Å². The van der Waals surface area contributed by atoms with Crippen LogP contribution >= 0.6 is 0 Å². The van der Waals surface area contributed by atoms with Gasteiger partial charge in [0.15, 0.2) is 0 Å². The summed E-state index contributed by atoms with van der Waals surface area (Å²) in [7, 11) is 0. The van der Waals surface area contributed by atoms with Gasteiger partial charge in [-0.25, -0.2) is 0 Å². The summed E-state index contributed by atoms with van der Waals surface area (Å²) in [6.45, 7) is 1.85. The van der Waals surface area contributed by atoms with Crippen molar-refractivity contribution in [3.63, 3.8) is 0 Å². The Bertz CT molecular complexity index is 577. The minimum Gasteiger partial charge on any atom is -0.508 e. The Labute approximate surface area is 105 Å². The van der Waals surface area contributed by atoms with E-state index in [1.165, 1.54) is 12.1 Å². The van der Waals surface area contributed by atoms with Gasteiger partial charge in [0.25, 0.3) is 5.91 Å². The Morgan fingerprint density at radius 3 is 2.50 bits per heavy atom. The van der Waals surface area contributed by atoms with Gasteiger partial charge in [0.2, 0.25) is 0 Å². The maximum Gasteiger partial charge on any atom is 0.255 e. The molecule has 0 spiro atoms. The fourth-order valence-electron chi connectivity index (χ4n) is 1.60. The first-order valence-corrected chi connectivity index (χ1v) is 5.53. The second kappa shape index (κ2) is 4.79. The highest BCUT2D eigenvalue weighted by Crippen LogP contribution is 2.21. The van der Waals surface area contributed by atoms with Crippen LogP contribution < -0.4 is 11.1 Å². The Balaban J connectivity index is 2.21. The predicted molar refractivity (Wildman–Crippen MR) is 71.7 cm³/mol. The lowest BCUT2D eigenvalue weighted by Crippen LogP contribution is -2.13. The molecule has 2 rings (SSSR count). The molecule has 0 fully saturated rings. The Hall–Kier alpha value is -2.49. The molecule has 0 saturated carbocycles. The second-order valence-electron chi connectivity index (χ2n) is 4.02. The monoisotopic (exact) mass is 242 g/mol. The molecule has 92 valence electrons. The van der Waals surface area contributed by atoms with Gasteiger partial charge in [-0.05, 0) is 48.9 Å².